The second-order valence-corrected chi connectivity index (χ2v) is 6.97. The average Bonchev–Trinajstić information content (AvgIpc) is 2.61. The Morgan fingerprint density at radius 2 is 1.44 bits per heavy atom. The molecule has 1 aromatic rings. The van der Waals surface area contributed by atoms with Crippen molar-refractivity contribution in [2.45, 2.75) is 90.4 Å². The highest BCUT2D eigenvalue weighted by Gasteiger charge is 2.01. The number of hydrogen-bond acceptors (Lipinski definition) is 2. The lowest BCUT2D eigenvalue weighted by Gasteiger charge is -2.06. The van der Waals surface area contributed by atoms with Gasteiger partial charge >= 0.3 is 5.97 Å². The average molecular weight is 349 g/mol. The molecule has 25 heavy (non-hydrogen) atoms. The molecule has 0 aliphatic rings. The van der Waals surface area contributed by atoms with Crippen LogP contribution in [0.5, 0.6) is 5.75 Å². The van der Waals surface area contributed by atoms with Crippen LogP contribution in [0.2, 0.25) is 0 Å². The van der Waals surface area contributed by atoms with E-state index in [-0.39, 0.29) is 6.61 Å². The minimum absolute atomic E-state index is 0.276. The van der Waals surface area contributed by atoms with E-state index in [1.54, 1.807) is 0 Å². The summed E-state index contributed by atoms with van der Waals surface area (Å²) in [6.45, 7) is 1.99. The van der Waals surface area contributed by atoms with Gasteiger partial charge in [-0.15, -0.1) is 0 Å². The quantitative estimate of drug-likeness (QED) is 0.352. The van der Waals surface area contributed by atoms with Crippen molar-refractivity contribution in [1.82, 2.24) is 0 Å². The normalized spacial score (nSPS) is 10.8. The van der Waals surface area contributed by atoms with Crippen LogP contribution in [0.4, 0.5) is 0 Å². The molecule has 0 heterocycles. The van der Waals surface area contributed by atoms with E-state index >= 15 is 0 Å². The number of aryl methyl sites for hydroxylation is 1. The van der Waals surface area contributed by atoms with E-state index in [4.69, 9.17) is 9.84 Å². The molecule has 0 atom stereocenters. The van der Waals surface area contributed by atoms with E-state index in [2.05, 4.69) is 13.0 Å². The maximum absolute atomic E-state index is 10.5. The maximum atomic E-state index is 10.5. The molecule has 0 aliphatic heterocycles. The monoisotopic (exact) mass is 348 g/mol. The molecule has 0 aromatic heterocycles. The molecule has 0 spiro atoms. The van der Waals surface area contributed by atoms with Crippen molar-refractivity contribution in [2.75, 3.05) is 6.61 Å². The van der Waals surface area contributed by atoms with E-state index in [1.165, 1.54) is 82.6 Å². The third-order valence-corrected chi connectivity index (χ3v) is 4.58. The van der Waals surface area contributed by atoms with E-state index in [0.717, 1.165) is 6.42 Å². The minimum Gasteiger partial charge on any atom is -0.482 e. The molecule has 1 rings (SSSR count). The van der Waals surface area contributed by atoms with Crippen molar-refractivity contribution in [3.63, 3.8) is 0 Å². The molecule has 0 saturated heterocycles. The molecule has 0 bridgehead atoms. The van der Waals surface area contributed by atoms with Crippen LogP contribution in [0.25, 0.3) is 0 Å². The predicted octanol–water partition coefficient (Wildman–Crippen LogP) is 6.39. The van der Waals surface area contributed by atoms with Gasteiger partial charge in [0.15, 0.2) is 6.61 Å². The predicted molar refractivity (Wildman–Crippen MR) is 104 cm³/mol. The second kappa shape index (κ2) is 14.8. The Kier molecular flexibility index (Phi) is 12.7. The summed E-state index contributed by atoms with van der Waals surface area (Å²) in [4.78, 5) is 10.5. The number of benzene rings is 1. The number of aliphatic carboxylic acids is 1. The third kappa shape index (κ3) is 12.5. The second-order valence-electron chi connectivity index (χ2n) is 6.97. The van der Waals surface area contributed by atoms with Crippen molar-refractivity contribution in [3.8, 4) is 5.75 Å². The molecule has 0 aliphatic carbocycles. The number of unbranched alkanes of at least 4 members (excludes halogenated alkanes) is 11. The summed E-state index contributed by atoms with van der Waals surface area (Å²) in [5.41, 5.74) is 1.23. The van der Waals surface area contributed by atoms with E-state index in [0.29, 0.717) is 5.75 Å². The number of carbonyl (C=O) groups is 1. The Morgan fingerprint density at radius 3 is 2.00 bits per heavy atom. The van der Waals surface area contributed by atoms with Gasteiger partial charge in [-0.3, -0.25) is 0 Å². The first-order valence-electron chi connectivity index (χ1n) is 10.2. The van der Waals surface area contributed by atoms with Crippen molar-refractivity contribution in [1.29, 1.82) is 0 Å². The third-order valence-electron chi connectivity index (χ3n) is 4.58. The molecule has 3 heteroatoms. The van der Waals surface area contributed by atoms with Crippen LogP contribution in [0.3, 0.4) is 0 Å². The topological polar surface area (TPSA) is 46.5 Å². The van der Waals surface area contributed by atoms with Crippen LogP contribution in [0.15, 0.2) is 24.3 Å². The molecule has 0 fully saturated rings. The summed E-state index contributed by atoms with van der Waals surface area (Å²) in [5, 5.41) is 8.65. The Labute approximate surface area is 153 Å². The Balaban J connectivity index is 1.97. The zero-order valence-corrected chi connectivity index (χ0v) is 16.0. The lowest BCUT2D eigenvalue weighted by molar-refractivity contribution is -0.139. The first-order chi connectivity index (χ1) is 12.2. The standard InChI is InChI=1S/C22H36O3/c1-2-3-4-5-6-7-8-9-10-11-12-13-15-20-16-14-17-21(18-20)25-19-22(23)24/h14,16-18H,2-13,15,19H2,1H3,(H,23,24). The van der Waals surface area contributed by atoms with Gasteiger partial charge in [-0.25, -0.2) is 4.79 Å². The molecule has 0 saturated carbocycles. The largest absolute Gasteiger partial charge is 0.482 e. The van der Waals surface area contributed by atoms with Crippen LogP contribution < -0.4 is 4.74 Å². The lowest BCUT2D eigenvalue weighted by Crippen LogP contribution is -2.09. The van der Waals surface area contributed by atoms with Crippen LogP contribution >= 0.6 is 0 Å². The summed E-state index contributed by atoms with van der Waals surface area (Å²) in [6, 6.07) is 7.80. The lowest BCUT2D eigenvalue weighted by atomic mass is 10.0. The van der Waals surface area contributed by atoms with Crippen LogP contribution in [0, 0.1) is 0 Å². The molecular formula is C22H36O3. The van der Waals surface area contributed by atoms with Gasteiger partial charge in [-0.05, 0) is 30.5 Å². The van der Waals surface area contributed by atoms with Crippen molar-refractivity contribution >= 4 is 5.97 Å². The fourth-order valence-corrected chi connectivity index (χ4v) is 3.11. The minimum atomic E-state index is -0.939. The van der Waals surface area contributed by atoms with E-state index < -0.39 is 5.97 Å². The molecule has 0 radical (unpaired) electrons. The molecular weight excluding hydrogens is 312 g/mol. The highest BCUT2D eigenvalue weighted by Crippen LogP contribution is 2.17. The van der Waals surface area contributed by atoms with Gasteiger partial charge < -0.3 is 9.84 Å². The molecule has 1 N–H and O–H groups in total. The molecule has 3 nitrogen and oxygen atoms in total. The smallest absolute Gasteiger partial charge is 0.341 e. The molecule has 0 amide bonds. The van der Waals surface area contributed by atoms with Gasteiger partial charge in [-0.1, -0.05) is 89.7 Å². The van der Waals surface area contributed by atoms with Gasteiger partial charge in [0.25, 0.3) is 0 Å². The summed E-state index contributed by atoms with van der Waals surface area (Å²) in [7, 11) is 0. The first-order valence-corrected chi connectivity index (χ1v) is 10.2. The van der Waals surface area contributed by atoms with Crippen molar-refractivity contribution < 1.29 is 14.6 Å². The first kappa shape index (κ1) is 21.5. The van der Waals surface area contributed by atoms with Crippen LogP contribution in [0.1, 0.15) is 89.5 Å². The summed E-state index contributed by atoms with van der Waals surface area (Å²) >= 11 is 0. The molecule has 142 valence electrons. The fraction of sp³-hybridized carbons (Fsp3) is 0.682. The Hall–Kier alpha value is -1.51. The van der Waals surface area contributed by atoms with E-state index in [9.17, 15) is 4.79 Å². The van der Waals surface area contributed by atoms with Crippen molar-refractivity contribution in [3.05, 3.63) is 29.8 Å². The molecule has 0 unspecified atom stereocenters. The highest BCUT2D eigenvalue weighted by atomic mass is 16.5. The zero-order valence-electron chi connectivity index (χ0n) is 16.0. The number of carboxylic acid groups (broad SMARTS) is 1. The number of rotatable bonds is 16. The highest BCUT2D eigenvalue weighted by molar-refractivity contribution is 5.68. The number of ether oxygens (including phenoxy) is 1. The van der Waals surface area contributed by atoms with Gasteiger partial charge in [0.05, 0.1) is 0 Å². The fourth-order valence-electron chi connectivity index (χ4n) is 3.11. The summed E-state index contributed by atoms with van der Waals surface area (Å²) in [5.74, 6) is -0.287. The number of carboxylic acids is 1. The Bertz CT molecular complexity index is 456. The maximum Gasteiger partial charge on any atom is 0.341 e. The Morgan fingerprint density at radius 1 is 0.880 bits per heavy atom. The van der Waals surface area contributed by atoms with E-state index in [1.807, 2.05) is 18.2 Å². The zero-order chi connectivity index (χ0) is 18.2. The van der Waals surface area contributed by atoms with Gasteiger partial charge in [0, 0.05) is 0 Å². The van der Waals surface area contributed by atoms with Gasteiger partial charge in [0.1, 0.15) is 5.75 Å². The summed E-state index contributed by atoms with van der Waals surface area (Å²) in [6.07, 6.45) is 17.4. The number of hydrogen-bond donors (Lipinski definition) is 1. The van der Waals surface area contributed by atoms with Gasteiger partial charge in [0.2, 0.25) is 0 Å². The summed E-state index contributed by atoms with van der Waals surface area (Å²) < 4.78 is 5.22. The van der Waals surface area contributed by atoms with Crippen molar-refractivity contribution in [2.24, 2.45) is 0 Å². The SMILES string of the molecule is CCCCCCCCCCCCCCc1cccc(OCC(=O)O)c1. The van der Waals surface area contributed by atoms with Crippen LogP contribution in [-0.2, 0) is 11.2 Å². The van der Waals surface area contributed by atoms with Gasteiger partial charge in [-0.2, -0.15) is 0 Å². The van der Waals surface area contributed by atoms with Crippen LogP contribution in [-0.4, -0.2) is 17.7 Å². The molecule has 1 aromatic carbocycles.